The molecular formula is C26H38O8. The van der Waals surface area contributed by atoms with Crippen LogP contribution >= 0.6 is 0 Å². The fraction of sp³-hybridized carbons (Fsp3) is 0.808. The summed E-state index contributed by atoms with van der Waals surface area (Å²) in [4.78, 5) is 36.3. The summed E-state index contributed by atoms with van der Waals surface area (Å²) >= 11 is 0. The third-order valence-electron chi connectivity index (χ3n) is 9.06. The van der Waals surface area contributed by atoms with Crippen LogP contribution in [0.1, 0.15) is 72.6 Å². The van der Waals surface area contributed by atoms with Crippen LogP contribution in [0, 0.1) is 22.7 Å². The number of carbonyl (C=O) groups is 3. The third-order valence-corrected chi connectivity index (χ3v) is 9.06. The molecule has 0 amide bonds. The van der Waals surface area contributed by atoms with Crippen LogP contribution in [-0.2, 0) is 33.3 Å². The zero-order valence-electron chi connectivity index (χ0n) is 20.8. The van der Waals surface area contributed by atoms with E-state index in [0.717, 1.165) is 19.3 Å². The molecule has 2 saturated heterocycles. The number of allylic oxidation sites excluding steroid dienone is 1. The topological polar surface area (TPSA) is 112 Å². The zero-order chi connectivity index (χ0) is 24.7. The molecule has 4 rings (SSSR count). The number of aliphatic hydroxyl groups excluding tert-OH is 1. The zero-order valence-corrected chi connectivity index (χ0v) is 20.8. The van der Waals surface area contributed by atoms with Crippen molar-refractivity contribution in [2.45, 2.75) is 90.4 Å². The minimum atomic E-state index is -0.671. The second kappa shape index (κ2) is 9.26. The van der Waals surface area contributed by atoms with Gasteiger partial charge in [0.2, 0.25) is 0 Å². The van der Waals surface area contributed by atoms with Crippen molar-refractivity contribution in [2.24, 2.45) is 22.7 Å². The number of ether oxygens (including phenoxy) is 4. The van der Waals surface area contributed by atoms with Gasteiger partial charge in [-0.25, -0.2) is 4.79 Å². The van der Waals surface area contributed by atoms with Crippen LogP contribution in [0.15, 0.2) is 11.6 Å². The Morgan fingerprint density at radius 3 is 2.41 bits per heavy atom. The predicted octanol–water partition coefficient (Wildman–Crippen LogP) is 3.10. The highest BCUT2D eigenvalue weighted by Gasteiger charge is 2.67. The molecule has 7 atom stereocenters. The van der Waals surface area contributed by atoms with E-state index in [1.165, 1.54) is 0 Å². The van der Waals surface area contributed by atoms with Crippen molar-refractivity contribution < 1.29 is 38.4 Å². The molecule has 2 aliphatic heterocycles. The van der Waals surface area contributed by atoms with Gasteiger partial charge < -0.3 is 24.1 Å². The molecule has 0 radical (unpaired) electrons. The lowest BCUT2D eigenvalue weighted by Crippen LogP contribution is -2.61. The summed E-state index contributed by atoms with van der Waals surface area (Å²) in [6.07, 6.45) is 5.30. The van der Waals surface area contributed by atoms with Gasteiger partial charge in [0.05, 0.1) is 24.4 Å². The number of cyclic esters (lactones) is 1. The molecule has 2 heterocycles. The number of aliphatic hydroxyl groups is 1. The minimum absolute atomic E-state index is 0.0513. The number of hydrogen-bond acceptors (Lipinski definition) is 8. The fourth-order valence-electron chi connectivity index (χ4n) is 6.99. The Hall–Kier alpha value is -1.93. The van der Waals surface area contributed by atoms with Gasteiger partial charge in [0.1, 0.15) is 12.7 Å². The van der Waals surface area contributed by atoms with Gasteiger partial charge >= 0.3 is 17.9 Å². The van der Waals surface area contributed by atoms with Crippen molar-refractivity contribution in [3.63, 3.8) is 0 Å². The van der Waals surface area contributed by atoms with Crippen LogP contribution in [-0.4, -0.2) is 60.6 Å². The Balaban J connectivity index is 1.60. The third kappa shape index (κ3) is 4.17. The summed E-state index contributed by atoms with van der Waals surface area (Å²) in [5.41, 5.74) is -0.551. The minimum Gasteiger partial charge on any atom is -0.462 e. The highest BCUT2D eigenvalue weighted by molar-refractivity contribution is 5.92. The number of fused-ring (bicyclic) bond motifs is 1. The lowest BCUT2D eigenvalue weighted by molar-refractivity contribution is -0.197. The first-order chi connectivity index (χ1) is 16.1. The van der Waals surface area contributed by atoms with E-state index in [9.17, 15) is 19.5 Å². The molecule has 0 aromatic carbocycles. The van der Waals surface area contributed by atoms with E-state index in [1.807, 2.05) is 13.0 Å². The summed E-state index contributed by atoms with van der Waals surface area (Å²) in [5, 5.41) is 10.5. The van der Waals surface area contributed by atoms with E-state index in [4.69, 9.17) is 18.9 Å². The molecule has 2 aliphatic carbocycles. The predicted molar refractivity (Wildman–Crippen MR) is 121 cm³/mol. The van der Waals surface area contributed by atoms with Gasteiger partial charge in [-0.05, 0) is 49.4 Å². The largest absolute Gasteiger partial charge is 0.462 e. The molecule has 0 aromatic rings. The average molecular weight is 479 g/mol. The van der Waals surface area contributed by atoms with Crippen molar-refractivity contribution in [3.8, 4) is 0 Å². The van der Waals surface area contributed by atoms with Crippen molar-refractivity contribution >= 4 is 17.9 Å². The number of carbonyl (C=O) groups excluding carboxylic acids is 3. The second-order valence-corrected chi connectivity index (χ2v) is 10.9. The summed E-state index contributed by atoms with van der Waals surface area (Å²) < 4.78 is 22.5. The Bertz CT molecular complexity index is 861. The Kier molecular flexibility index (Phi) is 6.86. The van der Waals surface area contributed by atoms with Crippen LogP contribution in [0.2, 0.25) is 0 Å². The molecule has 190 valence electrons. The summed E-state index contributed by atoms with van der Waals surface area (Å²) in [6.45, 7) is 8.48. The number of rotatable bonds is 7. The Morgan fingerprint density at radius 1 is 1.12 bits per heavy atom. The monoisotopic (exact) mass is 478 g/mol. The molecule has 0 aromatic heterocycles. The van der Waals surface area contributed by atoms with Gasteiger partial charge in [0.25, 0.3) is 0 Å². The maximum atomic E-state index is 12.4. The lowest BCUT2D eigenvalue weighted by Gasteiger charge is -2.61. The summed E-state index contributed by atoms with van der Waals surface area (Å²) in [6, 6.07) is 0. The van der Waals surface area contributed by atoms with E-state index in [2.05, 4.69) is 6.92 Å². The van der Waals surface area contributed by atoms with E-state index < -0.39 is 17.5 Å². The van der Waals surface area contributed by atoms with Gasteiger partial charge in [-0.3, -0.25) is 9.59 Å². The Labute approximate surface area is 201 Å². The van der Waals surface area contributed by atoms with Crippen LogP contribution in [0.3, 0.4) is 0 Å². The van der Waals surface area contributed by atoms with Crippen LogP contribution < -0.4 is 0 Å². The first kappa shape index (κ1) is 25.2. The number of hydrogen-bond donors (Lipinski definition) is 1. The molecule has 2 saturated carbocycles. The van der Waals surface area contributed by atoms with Crippen LogP contribution in [0.5, 0.6) is 0 Å². The summed E-state index contributed by atoms with van der Waals surface area (Å²) in [5.74, 6) is -0.779. The number of epoxide rings is 1. The van der Waals surface area contributed by atoms with Crippen molar-refractivity contribution in [2.75, 3.05) is 19.8 Å². The second-order valence-electron chi connectivity index (χ2n) is 10.9. The van der Waals surface area contributed by atoms with E-state index in [1.54, 1.807) is 13.8 Å². The first-order valence-corrected chi connectivity index (χ1v) is 12.6. The molecule has 4 fully saturated rings. The van der Waals surface area contributed by atoms with E-state index >= 15 is 0 Å². The molecule has 1 spiro atoms. The molecule has 4 aliphatic rings. The SMILES string of the molecule is CCC(=O)O[C@@H]1COC(=O)/C1=C/C[C@H]1[C@]2(CCC3[C@](C)(CO)[C@H](OC(=O)CC)CC[C@@]31C)CO2. The lowest BCUT2D eigenvalue weighted by atomic mass is 9.45. The van der Waals surface area contributed by atoms with Gasteiger partial charge in [0, 0.05) is 18.3 Å². The molecule has 8 nitrogen and oxygen atoms in total. The normalized spacial score (nSPS) is 42.3. The molecule has 8 heteroatoms. The number of esters is 3. The Morgan fingerprint density at radius 2 is 1.79 bits per heavy atom. The molecule has 1 N–H and O–H groups in total. The summed E-state index contributed by atoms with van der Waals surface area (Å²) in [7, 11) is 0. The first-order valence-electron chi connectivity index (χ1n) is 12.6. The van der Waals surface area contributed by atoms with Gasteiger partial charge in [-0.1, -0.05) is 33.8 Å². The van der Waals surface area contributed by atoms with E-state index in [0.29, 0.717) is 31.4 Å². The van der Waals surface area contributed by atoms with Crippen molar-refractivity contribution in [1.29, 1.82) is 0 Å². The molecular weight excluding hydrogens is 440 g/mol. The van der Waals surface area contributed by atoms with Gasteiger partial charge in [0.15, 0.2) is 6.10 Å². The standard InChI is InChI=1S/C26H38O8/c1-5-21(28)33-17-13-31-23(30)16(17)7-8-19-24(3)11-10-20(34-22(29)6-2)25(4,14-27)18(24)9-12-26(19)15-32-26/h7,17-20,27H,5-6,8-15H2,1-4H3/b16-7+/t17-,18?,19-,20-,24+,25+,26+/m1/s1. The maximum Gasteiger partial charge on any atom is 0.337 e. The quantitative estimate of drug-likeness (QED) is 0.257. The van der Waals surface area contributed by atoms with Gasteiger partial charge in [-0.15, -0.1) is 0 Å². The van der Waals surface area contributed by atoms with E-state index in [-0.39, 0.29) is 60.5 Å². The average Bonchev–Trinajstić information content (AvgIpc) is 3.51. The smallest absolute Gasteiger partial charge is 0.337 e. The fourth-order valence-corrected chi connectivity index (χ4v) is 6.99. The molecule has 1 unspecified atom stereocenters. The van der Waals surface area contributed by atoms with Crippen LogP contribution in [0.4, 0.5) is 0 Å². The van der Waals surface area contributed by atoms with Gasteiger partial charge in [-0.2, -0.15) is 0 Å². The van der Waals surface area contributed by atoms with Crippen molar-refractivity contribution in [1.82, 2.24) is 0 Å². The van der Waals surface area contributed by atoms with Crippen molar-refractivity contribution in [3.05, 3.63) is 11.6 Å². The highest BCUT2D eigenvalue weighted by Crippen LogP contribution is 2.66. The molecule has 34 heavy (non-hydrogen) atoms. The highest BCUT2D eigenvalue weighted by atomic mass is 16.6. The molecule has 0 bridgehead atoms. The maximum absolute atomic E-state index is 12.4. The van der Waals surface area contributed by atoms with Crippen LogP contribution in [0.25, 0.3) is 0 Å².